The summed E-state index contributed by atoms with van der Waals surface area (Å²) < 4.78 is 5.13. The third kappa shape index (κ3) is 3.17. The third-order valence-electron chi connectivity index (χ3n) is 2.75. The number of methoxy groups -OCH3 is 1. The van der Waals surface area contributed by atoms with Gasteiger partial charge in [0, 0.05) is 36.5 Å². The van der Waals surface area contributed by atoms with Crippen LogP contribution < -0.4 is 10.5 Å². The second-order valence-electron chi connectivity index (χ2n) is 4.39. The fourth-order valence-electron chi connectivity index (χ4n) is 1.55. The van der Waals surface area contributed by atoms with E-state index in [1.165, 1.54) is 0 Å². The van der Waals surface area contributed by atoms with Crippen molar-refractivity contribution in [2.75, 3.05) is 13.7 Å². The molecule has 5 heteroatoms. The summed E-state index contributed by atoms with van der Waals surface area (Å²) >= 11 is 0. The van der Waals surface area contributed by atoms with E-state index in [9.17, 15) is 4.79 Å². The Morgan fingerprint density at radius 3 is 2.71 bits per heavy atom. The number of aliphatic carboxylic acids is 1. The third-order valence-corrected chi connectivity index (χ3v) is 2.75. The van der Waals surface area contributed by atoms with Crippen LogP contribution in [-0.2, 0) is 11.2 Å². The van der Waals surface area contributed by atoms with E-state index in [4.69, 9.17) is 15.6 Å². The van der Waals surface area contributed by atoms with Gasteiger partial charge in [0.25, 0.3) is 0 Å². The number of aryl methyl sites for hydroxylation is 1. The number of pyridine rings is 1. The monoisotopic (exact) mass is 238 g/mol. The minimum absolute atomic E-state index is 0.0697. The Bertz CT molecular complexity index is 420. The van der Waals surface area contributed by atoms with Crippen LogP contribution in [0.2, 0.25) is 0 Å². The molecule has 0 aliphatic carbocycles. The van der Waals surface area contributed by atoms with Crippen LogP contribution in [0, 0.1) is 12.3 Å². The Morgan fingerprint density at radius 1 is 1.59 bits per heavy atom. The van der Waals surface area contributed by atoms with Crippen molar-refractivity contribution in [2.24, 2.45) is 11.1 Å². The van der Waals surface area contributed by atoms with Crippen LogP contribution in [-0.4, -0.2) is 29.7 Å². The first-order valence-electron chi connectivity index (χ1n) is 5.36. The number of hydrogen-bond acceptors (Lipinski definition) is 4. The molecule has 1 heterocycles. The molecule has 0 saturated heterocycles. The lowest BCUT2D eigenvalue weighted by Crippen LogP contribution is -2.38. The first-order valence-corrected chi connectivity index (χ1v) is 5.36. The molecule has 0 aliphatic heterocycles. The van der Waals surface area contributed by atoms with E-state index in [0.29, 0.717) is 11.4 Å². The molecule has 0 bridgehead atoms. The molecule has 1 rings (SSSR count). The van der Waals surface area contributed by atoms with Gasteiger partial charge in [0.2, 0.25) is 0 Å². The minimum Gasteiger partial charge on any atom is -0.497 e. The van der Waals surface area contributed by atoms with Gasteiger partial charge in [-0.2, -0.15) is 0 Å². The second-order valence-corrected chi connectivity index (χ2v) is 4.39. The van der Waals surface area contributed by atoms with Gasteiger partial charge in [0.05, 0.1) is 12.5 Å². The molecule has 0 fully saturated rings. The van der Waals surface area contributed by atoms with E-state index in [0.717, 1.165) is 5.69 Å². The number of nitrogens with zero attached hydrogens (tertiary/aromatic N) is 1. The predicted molar refractivity (Wildman–Crippen MR) is 64.0 cm³/mol. The van der Waals surface area contributed by atoms with Crippen molar-refractivity contribution < 1.29 is 14.6 Å². The highest BCUT2D eigenvalue weighted by Gasteiger charge is 2.32. The van der Waals surface area contributed by atoms with Crippen molar-refractivity contribution >= 4 is 5.97 Å². The van der Waals surface area contributed by atoms with Crippen LogP contribution >= 0.6 is 0 Å². The zero-order valence-electron chi connectivity index (χ0n) is 10.4. The number of carbonyl (C=O) groups is 1. The van der Waals surface area contributed by atoms with E-state index >= 15 is 0 Å². The summed E-state index contributed by atoms with van der Waals surface area (Å²) in [5, 5.41) is 9.15. The molecule has 0 saturated carbocycles. The average molecular weight is 238 g/mol. The molecule has 0 spiro atoms. The lowest BCUT2D eigenvalue weighted by Gasteiger charge is -2.22. The number of carboxylic acids is 1. The number of hydrogen-bond donors (Lipinski definition) is 2. The van der Waals surface area contributed by atoms with Gasteiger partial charge in [-0.1, -0.05) is 0 Å². The first-order chi connectivity index (χ1) is 7.91. The van der Waals surface area contributed by atoms with Gasteiger partial charge in [-0.3, -0.25) is 9.78 Å². The van der Waals surface area contributed by atoms with Gasteiger partial charge < -0.3 is 15.6 Å². The molecule has 1 atom stereocenters. The number of nitrogens with two attached hydrogens (primary N) is 1. The van der Waals surface area contributed by atoms with E-state index in [2.05, 4.69) is 4.98 Å². The zero-order valence-corrected chi connectivity index (χ0v) is 10.4. The summed E-state index contributed by atoms with van der Waals surface area (Å²) in [7, 11) is 1.57. The molecular formula is C12H18N2O3. The molecule has 94 valence electrons. The maximum atomic E-state index is 11.2. The van der Waals surface area contributed by atoms with Crippen LogP contribution in [0.5, 0.6) is 5.75 Å². The Morgan fingerprint density at radius 2 is 2.24 bits per heavy atom. The molecule has 1 unspecified atom stereocenters. The Labute approximate surface area is 101 Å². The molecule has 5 nitrogen and oxygen atoms in total. The van der Waals surface area contributed by atoms with E-state index in [1.807, 2.05) is 6.92 Å². The summed E-state index contributed by atoms with van der Waals surface area (Å²) in [6.07, 6.45) is 0.289. The molecule has 0 amide bonds. The topological polar surface area (TPSA) is 85.4 Å². The molecule has 3 N–H and O–H groups in total. The van der Waals surface area contributed by atoms with E-state index < -0.39 is 11.4 Å². The number of rotatable bonds is 5. The van der Waals surface area contributed by atoms with Crippen LogP contribution in [0.1, 0.15) is 18.3 Å². The maximum absolute atomic E-state index is 11.2. The van der Waals surface area contributed by atoms with E-state index in [-0.39, 0.29) is 13.0 Å². The largest absolute Gasteiger partial charge is 0.497 e. The van der Waals surface area contributed by atoms with Crippen LogP contribution in [0.15, 0.2) is 12.1 Å². The van der Waals surface area contributed by atoms with Gasteiger partial charge in [-0.25, -0.2) is 0 Å². The fraction of sp³-hybridized carbons (Fsp3) is 0.500. The van der Waals surface area contributed by atoms with Gasteiger partial charge in [0.15, 0.2) is 0 Å². The first kappa shape index (κ1) is 13.4. The van der Waals surface area contributed by atoms with Crippen molar-refractivity contribution in [2.45, 2.75) is 20.3 Å². The highest BCUT2D eigenvalue weighted by atomic mass is 16.5. The highest BCUT2D eigenvalue weighted by molar-refractivity contribution is 5.74. The van der Waals surface area contributed by atoms with Crippen LogP contribution in [0.3, 0.4) is 0 Å². The molecule has 0 aromatic carbocycles. The van der Waals surface area contributed by atoms with Crippen LogP contribution in [0.25, 0.3) is 0 Å². The molecular weight excluding hydrogens is 220 g/mol. The molecule has 0 aliphatic rings. The quantitative estimate of drug-likeness (QED) is 0.799. The summed E-state index contributed by atoms with van der Waals surface area (Å²) in [6, 6.07) is 3.54. The highest BCUT2D eigenvalue weighted by Crippen LogP contribution is 2.23. The lowest BCUT2D eigenvalue weighted by atomic mass is 9.85. The number of carboxylic acid groups (broad SMARTS) is 1. The van der Waals surface area contributed by atoms with Gasteiger partial charge in [-0.05, 0) is 13.8 Å². The van der Waals surface area contributed by atoms with Crippen molar-refractivity contribution in [3.05, 3.63) is 23.5 Å². The summed E-state index contributed by atoms with van der Waals surface area (Å²) in [5.41, 5.74) is 6.00. The standard InChI is InChI=1S/C12H18N2O3/c1-8-4-10(17-3)5-9(14-8)6-12(2,7-13)11(15)16/h4-5H,6-7,13H2,1-3H3,(H,15,16). The van der Waals surface area contributed by atoms with Crippen molar-refractivity contribution in [1.29, 1.82) is 0 Å². The molecule has 1 aromatic rings. The fourth-order valence-corrected chi connectivity index (χ4v) is 1.55. The zero-order chi connectivity index (χ0) is 13.1. The summed E-state index contributed by atoms with van der Waals surface area (Å²) in [6.45, 7) is 3.53. The van der Waals surface area contributed by atoms with Gasteiger partial charge in [0.1, 0.15) is 5.75 Å². The smallest absolute Gasteiger partial charge is 0.311 e. The predicted octanol–water partition coefficient (Wildman–Crippen LogP) is 0.991. The Kier molecular flexibility index (Phi) is 4.07. The summed E-state index contributed by atoms with van der Waals surface area (Å²) in [4.78, 5) is 15.5. The molecule has 17 heavy (non-hydrogen) atoms. The van der Waals surface area contributed by atoms with Gasteiger partial charge >= 0.3 is 5.97 Å². The Balaban J connectivity index is 3.01. The maximum Gasteiger partial charge on any atom is 0.311 e. The molecule has 1 aromatic heterocycles. The normalized spacial score (nSPS) is 14.1. The minimum atomic E-state index is -0.994. The van der Waals surface area contributed by atoms with Crippen molar-refractivity contribution in [3.63, 3.8) is 0 Å². The molecule has 0 radical (unpaired) electrons. The summed E-state index contributed by atoms with van der Waals surface area (Å²) in [5.74, 6) is -0.237. The van der Waals surface area contributed by atoms with Crippen LogP contribution in [0.4, 0.5) is 0 Å². The van der Waals surface area contributed by atoms with Crippen molar-refractivity contribution in [3.8, 4) is 5.75 Å². The number of aromatic nitrogens is 1. The van der Waals surface area contributed by atoms with E-state index in [1.54, 1.807) is 26.2 Å². The van der Waals surface area contributed by atoms with Gasteiger partial charge in [-0.15, -0.1) is 0 Å². The lowest BCUT2D eigenvalue weighted by molar-refractivity contribution is -0.147. The van der Waals surface area contributed by atoms with Crippen molar-refractivity contribution in [1.82, 2.24) is 4.98 Å². The SMILES string of the molecule is COc1cc(C)nc(CC(C)(CN)C(=O)O)c1. The second kappa shape index (κ2) is 5.14. The average Bonchev–Trinajstić information content (AvgIpc) is 2.27. The number of ether oxygens (including phenoxy) is 1. The Hall–Kier alpha value is -1.62.